The summed E-state index contributed by atoms with van der Waals surface area (Å²) >= 11 is 0. The molecule has 1 fully saturated rings. The summed E-state index contributed by atoms with van der Waals surface area (Å²) in [6.07, 6.45) is 4.49. The zero-order chi connectivity index (χ0) is 11.7. The molecule has 2 aromatic rings. The first-order valence-corrected chi connectivity index (χ1v) is 5.90. The van der Waals surface area contributed by atoms with E-state index in [-0.39, 0.29) is 0 Å². The van der Waals surface area contributed by atoms with Crippen LogP contribution in [0.2, 0.25) is 0 Å². The van der Waals surface area contributed by atoms with Crippen molar-refractivity contribution >= 4 is 0 Å². The summed E-state index contributed by atoms with van der Waals surface area (Å²) in [6.45, 7) is 0.736. The van der Waals surface area contributed by atoms with Crippen LogP contribution in [0, 0.1) is 0 Å². The molecule has 0 aromatic carbocycles. The van der Waals surface area contributed by atoms with Gasteiger partial charge in [0.05, 0.1) is 11.4 Å². The largest absolute Gasteiger partial charge is 0.314 e. The third kappa shape index (κ3) is 2.19. The molecule has 1 N–H and O–H groups in total. The summed E-state index contributed by atoms with van der Waals surface area (Å²) in [5, 5.41) is 15.9. The zero-order valence-corrected chi connectivity index (χ0v) is 9.80. The average Bonchev–Trinajstić information content (AvgIpc) is 3.09. The van der Waals surface area contributed by atoms with Crippen molar-refractivity contribution in [2.75, 3.05) is 7.05 Å². The number of hydrogen-bond acceptors (Lipinski definition) is 4. The van der Waals surface area contributed by atoms with Crippen LogP contribution in [0.25, 0.3) is 5.82 Å². The second-order valence-electron chi connectivity index (χ2n) is 4.37. The quantitative estimate of drug-likeness (QED) is 0.857. The molecule has 0 atom stereocenters. The van der Waals surface area contributed by atoms with E-state index in [2.05, 4.69) is 26.7 Å². The van der Waals surface area contributed by atoms with E-state index in [0.717, 1.165) is 18.1 Å². The van der Waals surface area contributed by atoms with Crippen LogP contribution in [-0.4, -0.2) is 27.0 Å². The molecule has 1 saturated carbocycles. The Hall–Kier alpha value is -1.75. The number of hydrogen-bond donors (Lipinski definition) is 1. The lowest BCUT2D eigenvalue weighted by Gasteiger charge is -2.01. The Morgan fingerprint density at radius 3 is 2.82 bits per heavy atom. The molecule has 2 aromatic heterocycles. The first kappa shape index (κ1) is 10.4. The maximum absolute atomic E-state index is 4.52. The van der Waals surface area contributed by atoms with E-state index in [4.69, 9.17) is 0 Å². The highest BCUT2D eigenvalue weighted by atomic mass is 15.3. The highest BCUT2D eigenvalue weighted by Gasteiger charge is 2.25. The molecule has 2 heterocycles. The molecule has 0 amide bonds. The van der Waals surface area contributed by atoms with Crippen molar-refractivity contribution in [2.24, 2.45) is 0 Å². The van der Waals surface area contributed by atoms with Crippen molar-refractivity contribution in [2.45, 2.75) is 25.3 Å². The van der Waals surface area contributed by atoms with Crippen LogP contribution in [0.4, 0.5) is 0 Å². The van der Waals surface area contributed by atoms with Crippen molar-refractivity contribution in [1.82, 2.24) is 25.3 Å². The molecule has 1 aliphatic rings. The average molecular weight is 229 g/mol. The fourth-order valence-corrected chi connectivity index (χ4v) is 1.81. The monoisotopic (exact) mass is 229 g/mol. The molecule has 17 heavy (non-hydrogen) atoms. The molecule has 3 rings (SSSR count). The van der Waals surface area contributed by atoms with Crippen LogP contribution in [0.1, 0.15) is 30.1 Å². The normalized spacial score (nSPS) is 15.1. The molecule has 5 heteroatoms. The summed E-state index contributed by atoms with van der Waals surface area (Å²) in [7, 11) is 1.89. The molecule has 0 spiro atoms. The number of rotatable bonds is 4. The molecule has 0 unspecified atom stereocenters. The van der Waals surface area contributed by atoms with Gasteiger partial charge in [0, 0.05) is 18.7 Å². The summed E-state index contributed by atoms with van der Waals surface area (Å²) in [5.41, 5.74) is 2.11. The molecular weight excluding hydrogens is 214 g/mol. The highest BCUT2D eigenvalue weighted by molar-refractivity contribution is 5.23. The van der Waals surface area contributed by atoms with Crippen LogP contribution in [0.3, 0.4) is 0 Å². The van der Waals surface area contributed by atoms with E-state index in [9.17, 15) is 0 Å². The maximum Gasteiger partial charge on any atom is 0.175 e. The molecule has 0 bridgehead atoms. The van der Waals surface area contributed by atoms with Crippen LogP contribution in [0.15, 0.2) is 24.4 Å². The summed E-state index contributed by atoms with van der Waals surface area (Å²) in [5.74, 6) is 1.45. The van der Waals surface area contributed by atoms with Crippen molar-refractivity contribution in [3.05, 3.63) is 35.8 Å². The van der Waals surface area contributed by atoms with E-state index in [1.54, 1.807) is 4.68 Å². The van der Waals surface area contributed by atoms with Gasteiger partial charge in [-0.1, -0.05) is 0 Å². The van der Waals surface area contributed by atoms with E-state index < -0.39 is 0 Å². The summed E-state index contributed by atoms with van der Waals surface area (Å²) in [4.78, 5) is 0. The van der Waals surface area contributed by atoms with E-state index in [0.29, 0.717) is 5.92 Å². The zero-order valence-electron chi connectivity index (χ0n) is 9.80. The predicted molar refractivity (Wildman–Crippen MR) is 63.9 cm³/mol. The van der Waals surface area contributed by atoms with E-state index in [1.807, 2.05) is 25.4 Å². The molecule has 0 saturated heterocycles. The van der Waals surface area contributed by atoms with Crippen molar-refractivity contribution < 1.29 is 0 Å². The standard InChI is InChI=1S/C12H15N5/c1-13-8-10-4-5-12(15-14-10)17-7-6-11(16-17)9-2-3-9/h4-7,9,13H,2-3,8H2,1H3. The first-order valence-electron chi connectivity index (χ1n) is 5.90. The molecule has 0 radical (unpaired) electrons. The Morgan fingerprint density at radius 2 is 2.18 bits per heavy atom. The lowest BCUT2D eigenvalue weighted by Crippen LogP contribution is -2.09. The topological polar surface area (TPSA) is 55.6 Å². The van der Waals surface area contributed by atoms with Gasteiger partial charge in [-0.25, -0.2) is 4.68 Å². The predicted octanol–water partition coefficient (Wildman–Crippen LogP) is 1.26. The van der Waals surface area contributed by atoms with Gasteiger partial charge in [-0.3, -0.25) is 0 Å². The van der Waals surface area contributed by atoms with Gasteiger partial charge < -0.3 is 5.32 Å². The third-order valence-electron chi connectivity index (χ3n) is 2.90. The lowest BCUT2D eigenvalue weighted by molar-refractivity contribution is 0.739. The van der Waals surface area contributed by atoms with Crippen LogP contribution in [-0.2, 0) is 6.54 Å². The molecule has 1 aliphatic carbocycles. The Bertz CT molecular complexity index is 498. The van der Waals surface area contributed by atoms with Gasteiger partial charge in [-0.2, -0.15) is 10.2 Å². The SMILES string of the molecule is CNCc1ccc(-n2ccc(C3CC3)n2)nn1. The third-order valence-corrected chi connectivity index (χ3v) is 2.90. The van der Waals surface area contributed by atoms with Gasteiger partial charge in [-0.05, 0) is 38.1 Å². The summed E-state index contributed by atoms with van der Waals surface area (Å²) in [6, 6.07) is 5.99. The number of nitrogens with zero attached hydrogens (tertiary/aromatic N) is 4. The second-order valence-corrected chi connectivity index (χ2v) is 4.37. The Labute approximate surface area is 99.9 Å². The van der Waals surface area contributed by atoms with E-state index >= 15 is 0 Å². The van der Waals surface area contributed by atoms with Crippen molar-refractivity contribution in [1.29, 1.82) is 0 Å². The molecular formula is C12H15N5. The van der Waals surface area contributed by atoms with Crippen molar-refractivity contribution in [3.63, 3.8) is 0 Å². The van der Waals surface area contributed by atoms with Gasteiger partial charge in [0.2, 0.25) is 0 Å². The smallest absolute Gasteiger partial charge is 0.175 e. The number of aromatic nitrogens is 4. The molecule has 88 valence electrons. The maximum atomic E-state index is 4.52. The minimum atomic E-state index is 0.674. The number of nitrogens with one attached hydrogen (secondary N) is 1. The first-order chi connectivity index (χ1) is 8.36. The summed E-state index contributed by atoms with van der Waals surface area (Å²) < 4.78 is 1.80. The van der Waals surface area contributed by atoms with Gasteiger partial charge in [0.25, 0.3) is 0 Å². The Balaban J connectivity index is 1.81. The van der Waals surface area contributed by atoms with Gasteiger partial charge in [0.15, 0.2) is 5.82 Å². The molecule has 5 nitrogen and oxygen atoms in total. The lowest BCUT2D eigenvalue weighted by atomic mass is 10.3. The van der Waals surface area contributed by atoms with E-state index in [1.165, 1.54) is 18.5 Å². The fourth-order valence-electron chi connectivity index (χ4n) is 1.81. The van der Waals surface area contributed by atoms with Crippen LogP contribution in [0.5, 0.6) is 0 Å². The van der Waals surface area contributed by atoms with Crippen LogP contribution < -0.4 is 5.32 Å². The Morgan fingerprint density at radius 1 is 1.29 bits per heavy atom. The van der Waals surface area contributed by atoms with Gasteiger partial charge >= 0.3 is 0 Å². The van der Waals surface area contributed by atoms with Crippen LogP contribution >= 0.6 is 0 Å². The van der Waals surface area contributed by atoms with Gasteiger partial charge in [0.1, 0.15) is 0 Å². The Kier molecular flexibility index (Phi) is 2.60. The highest BCUT2D eigenvalue weighted by Crippen LogP contribution is 2.38. The minimum absolute atomic E-state index is 0.674. The fraction of sp³-hybridized carbons (Fsp3) is 0.417. The van der Waals surface area contributed by atoms with Gasteiger partial charge in [-0.15, -0.1) is 5.10 Å². The minimum Gasteiger partial charge on any atom is -0.314 e. The second kappa shape index (κ2) is 4.25. The van der Waals surface area contributed by atoms with Crippen molar-refractivity contribution in [3.8, 4) is 5.82 Å². The molecule has 0 aliphatic heterocycles.